The van der Waals surface area contributed by atoms with Crippen molar-refractivity contribution in [2.75, 3.05) is 6.54 Å². The van der Waals surface area contributed by atoms with Gasteiger partial charge in [0.05, 0.1) is 5.03 Å². The lowest BCUT2D eigenvalue weighted by Gasteiger charge is -2.06. The van der Waals surface area contributed by atoms with Crippen LogP contribution in [0.3, 0.4) is 0 Å². The monoisotopic (exact) mass is 214 g/mol. The summed E-state index contributed by atoms with van der Waals surface area (Å²) < 4.78 is 0. The molecule has 0 unspecified atom stereocenters. The predicted molar refractivity (Wildman–Crippen MR) is 66.8 cm³/mol. The van der Waals surface area contributed by atoms with Gasteiger partial charge in [-0.2, -0.15) is 0 Å². The number of nitrogens with two attached hydrogens (primary N) is 1. The number of thioether (sulfide) groups is 1. The van der Waals surface area contributed by atoms with Crippen molar-refractivity contribution >= 4 is 11.8 Å². The second kappa shape index (κ2) is 9.00. The van der Waals surface area contributed by atoms with Crippen LogP contribution in [0, 0.1) is 0 Å². The third-order valence-electron chi connectivity index (χ3n) is 1.74. The number of allylic oxidation sites excluding steroid dienone is 1. The number of hydrogen-bond donors (Lipinski definition) is 2. The molecule has 0 saturated carbocycles. The van der Waals surface area contributed by atoms with Crippen LogP contribution in [-0.4, -0.2) is 6.54 Å². The molecule has 0 atom stereocenters. The average molecular weight is 214 g/mol. The highest BCUT2D eigenvalue weighted by Crippen LogP contribution is 2.12. The number of unbranched alkanes of at least 4 members (excludes halogenated alkanes) is 3. The van der Waals surface area contributed by atoms with E-state index in [1.807, 2.05) is 12.3 Å². The second-order valence-corrected chi connectivity index (χ2v) is 4.35. The molecule has 0 aromatic carbocycles. The fourth-order valence-corrected chi connectivity index (χ4v) is 1.50. The molecule has 82 valence electrons. The normalized spacial score (nSPS) is 11.4. The molecule has 0 aliphatic rings. The van der Waals surface area contributed by atoms with Gasteiger partial charge in [0.15, 0.2) is 0 Å². The van der Waals surface area contributed by atoms with Crippen molar-refractivity contribution in [3.63, 3.8) is 0 Å². The molecule has 3 N–H and O–H groups in total. The van der Waals surface area contributed by atoms with Crippen molar-refractivity contribution in [2.45, 2.75) is 39.5 Å². The zero-order chi connectivity index (χ0) is 10.8. The Labute approximate surface area is 92.0 Å². The Morgan fingerprint density at radius 3 is 2.71 bits per heavy atom. The first kappa shape index (κ1) is 13.4. The molecule has 0 aliphatic carbocycles. The third kappa shape index (κ3) is 9.52. The minimum absolute atomic E-state index is 0.823. The molecule has 0 radical (unpaired) electrons. The van der Waals surface area contributed by atoms with Gasteiger partial charge < -0.3 is 11.1 Å². The van der Waals surface area contributed by atoms with Gasteiger partial charge >= 0.3 is 0 Å². The van der Waals surface area contributed by atoms with E-state index in [1.165, 1.54) is 25.7 Å². The van der Waals surface area contributed by atoms with Crippen LogP contribution in [0.4, 0.5) is 0 Å². The molecular weight excluding hydrogens is 192 g/mol. The minimum atomic E-state index is 0.823. The summed E-state index contributed by atoms with van der Waals surface area (Å²) >= 11 is 1.56. The minimum Gasteiger partial charge on any atom is -0.402 e. The Bertz CT molecular complexity index is 184. The van der Waals surface area contributed by atoms with E-state index in [1.54, 1.807) is 11.8 Å². The Morgan fingerprint density at radius 1 is 1.43 bits per heavy atom. The molecule has 0 heterocycles. The van der Waals surface area contributed by atoms with Gasteiger partial charge in [0.25, 0.3) is 0 Å². The van der Waals surface area contributed by atoms with Gasteiger partial charge in [-0.15, -0.1) is 0 Å². The molecule has 0 rings (SSSR count). The number of hydrogen-bond acceptors (Lipinski definition) is 3. The molecule has 0 aromatic rings. The third-order valence-corrected chi connectivity index (χ3v) is 2.66. The van der Waals surface area contributed by atoms with Crippen LogP contribution < -0.4 is 11.1 Å². The highest BCUT2D eigenvalue weighted by molar-refractivity contribution is 8.05. The van der Waals surface area contributed by atoms with Crippen molar-refractivity contribution in [3.8, 4) is 0 Å². The lowest BCUT2D eigenvalue weighted by atomic mass is 10.2. The van der Waals surface area contributed by atoms with E-state index in [2.05, 4.69) is 18.8 Å². The topological polar surface area (TPSA) is 38.0 Å². The van der Waals surface area contributed by atoms with Crippen molar-refractivity contribution in [1.82, 2.24) is 5.32 Å². The Kier molecular flexibility index (Phi) is 8.64. The van der Waals surface area contributed by atoms with Crippen LogP contribution in [0.1, 0.15) is 39.5 Å². The summed E-state index contributed by atoms with van der Waals surface area (Å²) in [5, 5.41) is 6.15. The lowest BCUT2D eigenvalue weighted by Crippen LogP contribution is -2.11. The Hall–Kier alpha value is -0.570. The fourth-order valence-electron chi connectivity index (χ4n) is 0.985. The van der Waals surface area contributed by atoms with Gasteiger partial charge in [-0.1, -0.05) is 44.5 Å². The standard InChI is InChI=1S/C11H22N2S/c1-4-5-6-7-8-13-11(3)14-9-10(2)12/h9,13H,3-8,12H2,1-2H3/b10-9-. The molecule has 0 bridgehead atoms. The molecule has 0 saturated heterocycles. The molecule has 3 heteroatoms. The van der Waals surface area contributed by atoms with Crippen molar-refractivity contribution < 1.29 is 0 Å². The van der Waals surface area contributed by atoms with Gasteiger partial charge in [-0.25, -0.2) is 0 Å². The largest absolute Gasteiger partial charge is 0.402 e. The van der Waals surface area contributed by atoms with E-state index in [-0.39, 0.29) is 0 Å². The summed E-state index contributed by atoms with van der Waals surface area (Å²) in [5.74, 6) is 0. The van der Waals surface area contributed by atoms with Crippen LogP contribution in [0.25, 0.3) is 0 Å². The molecule has 0 fully saturated rings. The first-order valence-corrected chi connectivity index (χ1v) is 6.06. The fraction of sp³-hybridized carbons (Fsp3) is 0.636. The van der Waals surface area contributed by atoms with Gasteiger partial charge in [-0.05, 0) is 18.8 Å². The summed E-state index contributed by atoms with van der Waals surface area (Å²) in [6, 6.07) is 0. The molecular formula is C11H22N2S. The predicted octanol–water partition coefficient (Wildman–Crippen LogP) is 3.18. The maximum absolute atomic E-state index is 5.51. The Balaban J connectivity index is 3.32. The lowest BCUT2D eigenvalue weighted by molar-refractivity contribution is 0.644. The van der Waals surface area contributed by atoms with Gasteiger partial charge in [0.1, 0.15) is 0 Å². The highest BCUT2D eigenvalue weighted by Gasteiger charge is 1.91. The van der Waals surface area contributed by atoms with E-state index in [0.717, 1.165) is 17.3 Å². The molecule has 0 aliphatic heterocycles. The number of rotatable bonds is 8. The first-order valence-electron chi connectivity index (χ1n) is 5.18. The summed E-state index contributed by atoms with van der Waals surface area (Å²) in [7, 11) is 0. The van der Waals surface area contributed by atoms with Crippen LogP contribution in [0.15, 0.2) is 22.7 Å². The van der Waals surface area contributed by atoms with Crippen LogP contribution in [-0.2, 0) is 0 Å². The molecule has 2 nitrogen and oxygen atoms in total. The molecule has 14 heavy (non-hydrogen) atoms. The smallest absolute Gasteiger partial charge is 0.0651 e. The maximum atomic E-state index is 5.51. The zero-order valence-electron chi connectivity index (χ0n) is 9.31. The average Bonchev–Trinajstić information content (AvgIpc) is 2.14. The second-order valence-electron chi connectivity index (χ2n) is 3.39. The Morgan fingerprint density at radius 2 is 2.14 bits per heavy atom. The quantitative estimate of drug-likeness (QED) is 0.609. The molecule has 0 amide bonds. The number of nitrogens with one attached hydrogen (secondary N) is 1. The summed E-state index contributed by atoms with van der Waals surface area (Å²) in [5.41, 5.74) is 6.33. The van der Waals surface area contributed by atoms with Crippen LogP contribution >= 0.6 is 11.8 Å². The summed E-state index contributed by atoms with van der Waals surface area (Å²) in [6.45, 7) is 9.01. The SMILES string of the molecule is C=C(NCCCCCC)S/C=C(/C)N. The van der Waals surface area contributed by atoms with Gasteiger partial charge in [0, 0.05) is 12.2 Å². The van der Waals surface area contributed by atoms with Gasteiger partial charge in [0.2, 0.25) is 0 Å². The van der Waals surface area contributed by atoms with E-state index in [4.69, 9.17) is 5.73 Å². The highest BCUT2D eigenvalue weighted by atomic mass is 32.2. The van der Waals surface area contributed by atoms with Gasteiger partial charge in [-0.3, -0.25) is 0 Å². The van der Waals surface area contributed by atoms with Crippen LogP contribution in [0.5, 0.6) is 0 Å². The van der Waals surface area contributed by atoms with Crippen molar-refractivity contribution in [3.05, 3.63) is 22.7 Å². The van der Waals surface area contributed by atoms with Crippen LogP contribution in [0.2, 0.25) is 0 Å². The first-order chi connectivity index (χ1) is 6.66. The van der Waals surface area contributed by atoms with E-state index in [9.17, 15) is 0 Å². The molecule has 0 spiro atoms. The van der Waals surface area contributed by atoms with Crippen molar-refractivity contribution in [2.24, 2.45) is 5.73 Å². The van der Waals surface area contributed by atoms with E-state index >= 15 is 0 Å². The van der Waals surface area contributed by atoms with Crippen molar-refractivity contribution in [1.29, 1.82) is 0 Å². The molecule has 0 aromatic heterocycles. The maximum Gasteiger partial charge on any atom is 0.0651 e. The van der Waals surface area contributed by atoms with E-state index in [0.29, 0.717) is 0 Å². The summed E-state index contributed by atoms with van der Waals surface area (Å²) in [6.07, 6.45) is 5.12. The summed E-state index contributed by atoms with van der Waals surface area (Å²) in [4.78, 5) is 0. The zero-order valence-corrected chi connectivity index (χ0v) is 10.1. The van der Waals surface area contributed by atoms with E-state index < -0.39 is 0 Å².